The van der Waals surface area contributed by atoms with Crippen molar-refractivity contribution in [2.24, 2.45) is 0 Å². The molecule has 26 heavy (non-hydrogen) atoms. The highest BCUT2D eigenvalue weighted by atomic mass is 79.9. The normalized spacial score (nSPS) is 10.6. The fourth-order valence-electron chi connectivity index (χ4n) is 2.21. The molecule has 0 saturated carbocycles. The average Bonchev–Trinajstić information content (AvgIpc) is 2.95. The summed E-state index contributed by atoms with van der Waals surface area (Å²) in [5.41, 5.74) is 0.938. The number of halogens is 3. The van der Waals surface area contributed by atoms with Crippen molar-refractivity contribution in [2.45, 2.75) is 6.54 Å². The van der Waals surface area contributed by atoms with Crippen molar-refractivity contribution in [2.75, 3.05) is 11.9 Å². The number of carbonyl (C=O) groups excluding carboxylic acids is 1. The summed E-state index contributed by atoms with van der Waals surface area (Å²) >= 11 is 15.4. The van der Waals surface area contributed by atoms with E-state index in [9.17, 15) is 4.79 Å². The molecule has 1 heterocycles. The molecule has 0 fully saturated rings. The SMILES string of the molecule is O=C(COc1ccc(Cl)cc1)Nc1nn(Cc2ccccc2Cl)cc1Br. The third-order valence-electron chi connectivity index (χ3n) is 3.45. The minimum atomic E-state index is -0.316. The largest absolute Gasteiger partial charge is 0.484 e. The van der Waals surface area contributed by atoms with Crippen LogP contribution in [0.3, 0.4) is 0 Å². The van der Waals surface area contributed by atoms with Crippen LogP contribution in [0.25, 0.3) is 0 Å². The quantitative estimate of drug-likeness (QED) is 0.568. The highest BCUT2D eigenvalue weighted by Crippen LogP contribution is 2.22. The van der Waals surface area contributed by atoms with Gasteiger partial charge in [0.2, 0.25) is 0 Å². The minimum absolute atomic E-state index is 0.133. The van der Waals surface area contributed by atoms with Gasteiger partial charge in [0.1, 0.15) is 5.75 Å². The van der Waals surface area contributed by atoms with Gasteiger partial charge in [-0.25, -0.2) is 0 Å². The summed E-state index contributed by atoms with van der Waals surface area (Å²) in [6.07, 6.45) is 1.78. The molecule has 0 unspecified atom stereocenters. The Morgan fingerprint density at radius 2 is 1.88 bits per heavy atom. The molecule has 0 aliphatic carbocycles. The number of nitrogens with one attached hydrogen (secondary N) is 1. The number of anilines is 1. The average molecular weight is 455 g/mol. The molecule has 3 aromatic rings. The van der Waals surface area contributed by atoms with Gasteiger partial charge in [-0.05, 0) is 51.8 Å². The summed E-state index contributed by atoms with van der Waals surface area (Å²) in [6, 6.07) is 14.3. The molecular formula is C18H14BrCl2N3O2. The van der Waals surface area contributed by atoms with E-state index in [1.54, 1.807) is 35.1 Å². The van der Waals surface area contributed by atoms with E-state index in [-0.39, 0.29) is 12.5 Å². The van der Waals surface area contributed by atoms with Gasteiger partial charge in [-0.3, -0.25) is 9.48 Å². The lowest BCUT2D eigenvalue weighted by molar-refractivity contribution is -0.118. The van der Waals surface area contributed by atoms with Crippen LogP contribution in [-0.2, 0) is 11.3 Å². The van der Waals surface area contributed by atoms with E-state index in [2.05, 4.69) is 26.3 Å². The van der Waals surface area contributed by atoms with Gasteiger partial charge in [-0.15, -0.1) is 0 Å². The van der Waals surface area contributed by atoms with E-state index >= 15 is 0 Å². The second-order valence-corrected chi connectivity index (χ2v) is 7.10. The van der Waals surface area contributed by atoms with Crippen LogP contribution in [0.15, 0.2) is 59.2 Å². The predicted octanol–water partition coefficient (Wildman–Crippen LogP) is 5.02. The van der Waals surface area contributed by atoms with Crippen LogP contribution in [0.2, 0.25) is 10.0 Å². The number of aromatic nitrogens is 2. The van der Waals surface area contributed by atoms with Crippen LogP contribution in [0.5, 0.6) is 5.75 Å². The standard InChI is InChI=1S/C18H14BrCl2N3O2/c19-15-10-24(9-12-3-1-2-4-16(12)21)23-18(15)22-17(25)11-26-14-7-5-13(20)6-8-14/h1-8,10H,9,11H2,(H,22,23,25). The molecule has 8 heteroatoms. The van der Waals surface area contributed by atoms with Gasteiger partial charge in [0.05, 0.1) is 11.0 Å². The Morgan fingerprint density at radius 3 is 2.62 bits per heavy atom. The Labute approximate surface area is 169 Å². The van der Waals surface area contributed by atoms with Crippen molar-refractivity contribution < 1.29 is 9.53 Å². The fourth-order valence-corrected chi connectivity index (χ4v) is 2.95. The summed E-state index contributed by atoms with van der Waals surface area (Å²) in [7, 11) is 0. The van der Waals surface area contributed by atoms with E-state index in [0.717, 1.165) is 5.56 Å². The van der Waals surface area contributed by atoms with E-state index in [0.29, 0.717) is 32.6 Å². The first-order valence-electron chi connectivity index (χ1n) is 7.66. The van der Waals surface area contributed by atoms with E-state index in [1.807, 2.05) is 24.3 Å². The molecule has 5 nitrogen and oxygen atoms in total. The molecule has 0 saturated heterocycles. The van der Waals surface area contributed by atoms with Gasteiger partial charge < -0.3 is 10.1 Å². The second kappa shape index (κ2) is 8.58. The molecule has 2 aromatic carbocycles. The van der Waals surface area contributed by atoms with Crippen LogP contribution in [0.1, 0.15) is 5.56 Å². The molecule has 0 atom stereocenters. The lowest BCUT2D eigenvalue weighted by atomic mass is 10.2. The highest BCUT2D eigenvalue weighted by molar-refractivity contribution is 9.10. The summed E-state index contributed by atoms with van der Waals surface area (Å²) in [6.45, 7) is 0.362. The number of carbonyl (C=O) groups is 1. The first-order valence-corrected chi connectivity index (χ1v) is 9.21. The third kappa shape index (κ3) is 5.00. The molecule has 0 bridgehead atoms. The maximum Gasteiger partial charge on any atom is 0.263 e. The molecule has 1 amide bonds. The van der Waals surface area contributed by atoms with Crippen molar-refractivity contribution >= 4 is 50.9 Å². The number of nitrogens with zero attached hydrogens (tertiary/aromatic N) is 2. The molecule has 0 radical (unpaired) electrons. The van der Waals surface area contributed by atoms with Crippen molar-refractivity contribution in [3.8, 4) is 5.75 Å². The van der Waals surface area contributed by atoms with E-state index in [1.165, 1.54) is 0 Å². The van der Waals surface area contributed by atoms with Crippen LogP contribution in [0, 0.1) is 0 Å². The minimum Gasteiger partial charge on any atom is -0.484 e. The number of hydrogen-bond acceptors (Lipinski definition) is 3. The van der Waals surface area contributed by atoms with Crippen LogP contribution < -0.4 is 10.1 Å². The number of amides is 1. The summed E-state index contributed by atoms with van der Waals surface area (Å²) in [5.74, 6) is 0.665. The first-order chi connectivity index (χ1) is 12.5. The van der Waals surface area contributed by atoms with Crippen molar-refractivity contribution in [1.82, 2.24) is 9.78 Å². The van der Waals surface area contributed by atoms with Crippen molar-refractivity contribution in [3.05, 3.63) is 74.8 Å². The topological polar surface area (TPSA) is 56.1 Å². The first kappa shape index (κ1) is 18.8. The van der Waals surface area contributed by atoms with Gasteiger partial charge in [-0.2, -0.15) is 5.10 Å². The number of hydrogen-bond donors (Lipinski definition) is 1. The lowest BCUT2D eigenvalue weighted by Crippen LogP contribution is -2.20. The second-order valence-electron chi connectivity index (χ2n) is 5.41. The zero-order valence-electron chi connectivity index (χ0n) is 13.5. The maximum absolute atomic E-state index is 12.1. The Bertz CT molecular complexity index is 913. The van der Waals surface area contributed by atoms with Gasteiger partial charge >= 0.3 is 0 Å². The number of benzene rings is 2. The van der Waals surface area contributed by atoms with Gasteiger partial charge in [-0.1, -0.05) is 41.4 Å². The van der Waals surface area contributed by atoms with Crippen LogP contribution in [-0.4, -0.2) is 22.3 Å². The molecule has 1 N–H and O–H groups in total. The molecule has 0 aliphatic heterocycles. The van der Waals surface area contributed by atoms with Crippen molar-refractivity contribution in [1.29, 1.82) is 0 Å². The summed E-state index contributed by atoms with van der Waals surface area (Å²) in [5, 5.41) is 8.34. The lowest BCUT2D eigenvalue weighted by Gasteiger charge is -2.06. The molecule has 134 valence electrons. The Hall–Kier alpha value is -2.02. The zero-order chi connectivity index (χ0) is 18.5. The predicted molar refractivity (Wildman–Crippen MR) is 106 cm³/mol. The van der Waals surface area contributed by atoms with Gasteiger partial charge in [0, 0.05) is 16.2 Å². The molecule has 1 aromatic heterocycles. The van der Waals surface area contributed by atoms with E-state index in [4.69, 9.17) is 27.9 Å². The monoisotopic (exact) mass is 453 g/mol. The highest BCUT2D eigenvalue weighted by Gasteiger charge is 2.12. The van der Waals surface area contributed by atoms with Crippen molar-refractivity contribution in [3.63, 3.8) is 0 Å². The van der Waals surface area contributed by atoms with E-state index < -0.39 is 0 Å². The zero-order valence-corrected chi connectivity index (χ0v) is 16.6. The van der Waals surface area contributed by atoms with Crippen LogP contribution >= 0.6 is 39.1 Å². The third-order valence-corrected chi connectivity index (χ3v) is 4.65. The summed E-state index contributed by atoms with van der Waals surface area (Å²) < 4.78 is 7.78. The molecular weight excluding hydrogens is 441 g/mol. The maximum atomic E-state index is 12.1. The Balaban J connectivity index is 1.59. The van der Waals surface area contributed by atoms with Crippen LogP contribution in [0.4, 0.5) is 5.82 Å². The smallest absolute Gasteiger partial charge is 0.263 e. The number of rotatable bonds is 6. The van der Waals surface area contributed by atoms with Gasteiger partial charge in [0.15, 0.2) is 12.4 Å². The Kier molecular flexibility index (Phi) is 6.19. The number of ether oxygens (including phenoxy) is 1. The van der Waals surface area contributed by atoms with Gasteiger partial charge in [0.25, 0.3) is 5.91 Å². The Morgan fingerprint density at radius 1 is 1.15 bits per heavy atom. The molecule has 0 aliphatic rings. The summed E-state index contributed by atoms with van der Waals surface area (Å²) in [4.78, 5) is 12.1. The molecule has 0 spiro atoms. The molecule has 3 rings (SSSR count). The fraction of sp³-hybridized carbons (Fsp3) is 0.111.